The van der Waals surface area contributed by atoms with Crippen LogP contribution in [0.4, 0.5) is 0 Å². The summed E-state index contributed by atoms with van der Waals surface area (Å²) in [4.78, 5) is 27.8. The molecule has 0 saturated carbocycles. The summed E-state index contributed by atoms with van der Waals surface area (Å²) < 4.78 is 0.954. The van der Waals surface area contributed by atoms with Crippen molar-refractivity contribution in [1.82, 2.24) is 10.2 Å². The van der Waals surface area contributed by atoms with Crippen molar-refractivity contribution < 1.29 is 9.59 Å². The van der Waals surface area contributed by atoms with Crippen molar-refractivity contribution in [3.05, 3.63) is 64.1 Å². The van der Waals surface area contributed by atoms with E-state index in [2.05, 4.69) is 52.4 Å². The van der Waals surface area contributed by atoms with Crippen LogP contribution in [0, 0.1) is 6.92 Å². The molecular weight excluding hydrogens is 424 g/mol. The summed E-state index contributed by atoms with van der Waals surface area (Å²) in [5, 5.41) is 2.64. The number of hydrogen-bond donors (Lipinski definition) is 1. The van der Waals surface area contributed by atoms with E-state index < -0.39 is 6.04 Å². The van der Waals surface area contributed by atoms with Crippen LogP contribution >= 0.6 is 27.7 Å². The Hall–Kier alpha value is -1.79. The fourth-order valence-corrected chi connectivity index (χ4v) is 3.95. The minimum atomic E-state index is -0.522. The van der Waals surface area contributed by atoms with E-state index in [4.69, 9.17) is 0 Å². The molecule has 1 N–H and O–H groups in total. The Morgan fingerprint density at radius 2 is 1.89 bits per heavy atom. The number of hydrogen-bond acceptors (Lipinski definition) is 3. The van der Waals surface area contributed by atoms with Gasteiger partial charge in [-0.1, -0.05) is 45.8 Å². The first kappa shape index (κ1) is 21.5. The van der Waals surface area contributed by atoms with Crippen molar-refractivity contribution in [2.45, 2.75) is 37.8 Å². The van der Waals surface area contributed by atoms with Gasteiger partial charge in [-0.15, -0.1) is 11.8 Å². The Balaban J connectivity index is 2.03. The third kappa shape index (κ3) is 6.70. The molecule has 0 bridgehead atoms. The van der Waals surface area contributed by atoms with Crippen LogP contribution in [0.5, 0.6) is 0 Å². The lowest BCUT2D eigenvalue weighted by atomic mass is 10.1. The fourth-order valence-electron chi connectivity index (χ4n) is 2.66. The quantitative estimate of drug-likeness (QED) is 0.608. The van der Waals surface area contributed by atoms with E-state index in [0.717, 1.165) is 14.9 Å². The number of likely N-dealkylation sites (N-methyl/N-ethyl adjacent to an activating group) is 1. The van der Waals surface area contributed by atoms with Gasteiger partial charge in [0.05, 0.1) is 0 Å². The zero-order valence-corrected chi connectivity index (χ0v) is 18.3. The van der Waals surface area contributed by atoms with E-state index in [0.29, 0.717) is 18.7 Å². The molecule has 0 aliphatic carbocycles. The van der Waals surface area contributed by atoms with Crippen molar-refractivity contribution >= 4 is 39.5 Å². The summed E-state index contributed by atoms with van der Waals surface area (Å²) in [6.45, 7) is 4.22. The monoisotopic (exact) mass is 448 g/mol. The van der Waals surface area contributed by atoms with Crippen molar-refractivity contribution in [3.63, 3.8) is 0 Å². The first-order chi connectivity index (χ1) is 12.9. The number of carbonyl (C=O) groups is 2. The van der Waals surface area contributed by atoms with Crippen molar-refractivity contribution in [1.29, 1.82) is 0 Å². The average molecular weight is 449 g/mol. The van der Waals surface area contributed by atoms with Crippen LogP contribution in [0.1, 0.15) is 24.5 Å². The highest BCUT2D eigenvalue weighted by atomic mass is 79.9. The predicted molar refractivity (Wildman–Crippen MR) is 115 cm³/mol. The van der Waals surface area contributed by atoms with E-state index in [1.165, 1.54) is 5.56 Å². The first-order valence-corrected chi connectivity index (χ1v) is 10.6. The van der Waals surface area contributed by atoms with Gasteiger partial charge in [-0.3, -0.25) is 9.59 Å². The largest absolute Gasteiger partial charge is 0.357 e. The molecule has 0 aliphatic heterocycles. The molecule has 2 rings (SSSR count). The number of nitrogens with zero attached hydrogens (tertiary/aromatic N) is 1. The van der Waals surface area contributed by atoms with Crippen LogP contribution in [0.3, 0.4) is 0 Å². The third-order valence-corrected chi connectivity index (χ3v) is 5.77. The smallest absolute Gasteiger partial charge is 0.242 e. The number of nitrogens with one attached hydrogen (secondary N) is 1. The van der Waals surface area contributed by atoms with Crippen LogP contribution in [-0.2, 0) is 16.1 Å². The zero-order valence-electron chi connectivity index (χ0n) is 15.9. The summed E-state index contributed by atoms with van der Waals surface area (Å²) >= 11 is 5.11. The molecule has 0 unspecified atom stereocenters. The van der Waals surface area contributed by atoms with Crippen molar-refractivity contribution in [2.75, 3.05) is 12.8 Å². The van der Waals surface area contributed by atoms with E-state index in [1.807, 2.05) is 24.3 Å². The van der Waals surface area contributed by atoms with Crippen LogP contribution in [0.2, 0.25) is 0 Å². The molecular formula is C21H25BrN2O2S. The lowest BCUT2D eigenvalue weighted by Crippen LogP contribution is -2.46. The minimum absolute atomic E-state index is 0.0225. The Morgan fingerprint density at radius 1 is 1.19 bits per heavy atom. The highest BCUT2D eigenvalue weighted by molar-refractivity contribution is 9.10. The zero-order chi connectivity index (χ0) is 19.8. The lowest BCUT2D eigenvalue weighted by molar-refractivity contribution is -0.140. The predicted octanol–water partition coefficient (Wildman–Crippen LogP) is 4.40. The maximum absolute atomic E-state index is 12.9. The topological polar surface area (TPSA) is 49.4 Å². The number of rotatable bonds is 8. The molecule has 0 aliphatic rings. The molecule has 0 spiro atoms. The second-order valence-electron chi connectivity index (χ2n) is 6.35. The standard InChI is InChI=1S/C21H25BrN2O2S/c1-15-7-9-19(10-8-15)27-12-11-20(25)24(16(2)21(26)23-3)14-17-5-4-6-18(22)13-17/h4-10,13,16H,11-12,14H2,1-3H3,(H,23,26)/t16-/m0/s1. The van der Waals surface area contributed by atoms with Gasteiger partial charge in [0.2, 0.25) is 11.8 Å². The first-order valence-electron chi connectivity index (χ1n) is 8.85. The van der Waals surface area contributed by atoms with Gasteiger partial charge in [-0.05, 0) is 43.7 Å². The van der Waals surface area contributed by atoms with Gasteiger partial charge in [0.1, 0.15) is 6.04 Å². The number of carbonyl (C=O) groups excluding carboxylic acids is 2. The van der Waals surface area contributed by atoms with Gasteiger partial charge in [0.15, 0.2) is 0 Å². The van der Waals surface area contributed by atoms with Gasteiger partial charge in [-0.25, -0.2) is 0 Å². The van der Waals surface area contributed by atoms with Crippen LogP contribution < -0.4 is 5.32 Å². The average Bonchev–Trinajstić information content (AvgIpc) is 2.66. The molecule has 1 atom stereocenters. The van der Waals surface area contributed by atoms with E-state index in [1.54, 1.807) is 30.6 Å². The highest BCUT2D eigenvalue weighted by Crippen LogP contribution is 2.21. The van der Waals surface area contributed by atoms with Gasteiger partial charge in [0, 0.05) is 35.1 Å². The Kier molecular flexibility index (Phi) is 8.38. The van der Waals surface area contributed by atoms with Crippen LogP contribution in [0.25, 0.3) is 0 Å². The molecule has 2 aromatic rings. The molecule has 4 nitrogen and oxygen atoms in total. The number of amides is 2. The fraction of sp³-hybridized carbons (Fsp3) is 0.333. The van der Waals surface area contributed by atoms with E-state index in [-0.39, 0.29) is 11.8 Å². The summed E-state index contributed by atoms with van der Waals surface area (Å²) in [6, 6.07) is 15.5. The molecule has 27 heavy (non-hydrogen) atoms. The van der Waals surface area contributed by atoms with E-state index in [9.17, 15) is 9.59 Å². The van der Waals surface area contributed by atoms with Gasteiger partial charge >= 0.3 is 0 Å². The summed E-state index contributed by atoms with van der Waals surface area (Å²) in [7, 11) is 1.59. The van der Waals surface area contributed by atoms with Crippen LogP contribution in [-0.4, -0.2) is 35.6 Å². The molecule has 2 amide bonds. The van der Waals surface area contributed by atoms with Crippen molar-refractivity contribution in [3.8, 4) is 0 Å². The second kappa shape index (κ2) is 10.5. The maximum Gasteiger partial charge on any atom is 0.242 e. The summed E-state index contributed by atoms with van der Waals surface area (Å²) in [6.07, 6.45) is 0.383. The Labute approximate surface area is 173 Å². The van der Waals surface area contributed by atoms with E-state index >= 15 is 0 Å². The second-order valence-corrected chi connectivity index (χ2v) is 8.44. The normalized spacial score (nSPS) is 11.7. The Bertz CT molecular complexity index is 780. The van der Waals surface area contributed by atoms with Gasteiger partial charge < -0.3 is 10.2 Å². The molecule has 0 aromatic heterocycles. The Morgan fingerprint density at radius 3 is 2.52 bits per heavy atom. The van der Waals surface area contributed by atoms with Gasteiger partial charge in [0.25, 0.3) is 0 Å². The summed E-state index contributed by atoms with van der Waals surface area (Å²) in [5.74, 6) is 0.493. The molecule has 2 aromatic carbocycles. The number of aryl methyl sites for hydroxylation is 1. The maximum atomic E-state index is 12.9. The number of thioether (sulfide) groups is 1. The third-order valence-electron chi connectivity index (χ3n) is 4.26. The SMILES string of the molecule is CNC(=O)[C@H](C)N(Cc1cccc(Br)c1)C(=O)CCSc1ccc(C)cc1. The molecule has 0 heterocycles. The number of halogens is 1. The lowest BCUT2D eigenvalue weighted by Gasteiger charge is -2.28. The minimum Gasteiger partial charge on any atom is -0.357 e. The summed E-state index contributed by atoms with van der Waals surface area (Å²) in [5.41, 5.74) is 2.20. The molecule has 144 valence electrons. The number of benzene rings is 2. The molecule has 0 radical (unpaired) electrons. The molecule has 6 heteroatoms. The molecule has 0 fully saturated rings. The van der Waals surface area contributed by atoms with Crippen molar-refractivity contribution in [2.24, 2.45) is 0 Å². The molecule has 0 saturated heterocycles. The van der Waals surface area contributed by atoms with Gasteiger partial charge in [-0.2, -0.15) is 0 Å². The highest BCUT2D eigenvalue weighted by Gasteiger charge is 2.25. The van der Waals surface area contributed by atoms with Crippen LogP contribution in [0.15, 0.2) is 57.9 Å².